The molecule has 1 aromatic carbocycles. The molecule has 1 fully saturated rings. The van der Waals surface area contributed by atoms with E-state index in [1.807, 2.05) is 0 Å². The summed E-state index contributed by atoms with van der Waals surface area (Å²) in [6.07, 6.45) is -7.87. The molecule has 1 aliphatic carbocycles. The van der Waals surface area contributed by atoms with Crippen LogP contribution in [0.15, 0.2) is 47.5 Å². The molecule has 2 aromatic rings. The predicted octanol–water partition coefficient (Wildman–Crippen LogP) is 4.63. The first-order chi connectivity index (χ1) is 14.8. The first kappa shape index (κ1) is 24.0. The maximum atomic E-state index is 12.9. The van der Waals surface area contributed by atoms with E-state index in [4.69, 9.17) is 0 Å². The molecule has 5 nitrogen and oxygen atoms in total. The second-order valence-electron chi connectivity index (χ2n) is 7.45. The van der Waals surface area contributed by atoms with Gasteiger partial charge < -0.3 is 5.32 Å². The predicted molar refractivity (Wildman–Crippen MR) is 101 cm³/mol. The number of amides is 1. The molecule has 1 saturated carbocycles. The van der Waals surface area contributed by atoms with E-state index >= 15 is 0 Å². The highest BCUT2D eigenvalue weighted by atomic mass is 32.2. The van der Waals surface area contributed by atoms with Crippen LogP contribution in [0.1, 0.15) is 47.3 Å². The number of carbonyl (C=O) groups is 1. The number of aromatic nitrogens is 1. The van der Waals surface area contributed by atoms with E-state index in [9.17, 15) is 39.6 Å². The lowest BCUT2D eigenvalue weighted by Crippen LogP contribution is -2.40. The van der Waals surface area contributed by atoms with E-state index in [0.717, 1.165) is 30.5 Å². The van der Waals surface area contributed by atoms with E-state index in [0.29, 0.717) is 12.1 Å². The molecule has 174 valence electrons. The van der Waals surface area contributed by atoms with Crippen LogP contribution in [0.5, 0.6) is 0 Å². The summed E-state index contributed by atoms with van der Waals surface area (Å²) in [5.41, 5.74) is -2.50. The number of rotatable bonds is 4. The Labute approximate surface area is 179 Å². The van der Waals surface area contributed by atoms with Crippen molar-refractivity contribution < 1.29 is 39.6 Å². The fraction of sp³-hybridized carbons (Fsp3) is 0.400. The topological polar surface area (TPSA) is 76.1 Å². The number of alkyl halides is 6. The first-order valence-corrected chi connectivity index (χ1v) is 11.1. The normalized spacial score (nSPS) is 20.1. The van der Waals surface area contributed by atoms with Gasteiger partial charge in [0.05, 0.1) is 21.3 Å². The highest BCUT2D eigenvalue weighted by Gasteiger charge is 2.36. The Morgan fingerprint density at radius 3 is 2.09 bits per heavy atom. The minimum Gasteiger partial charge on any atom is -0.348 e. The molecule has 0 bridgehead atoms. The number of sulfone groups is 1. The van der Waals surface area contributed by atoms with Gasteiger partial charge in [-0.15, -0.1) is 0 Å². The van der Waals surface area contributed by atoms with E-state index in [-0.39, 0.29) is 25.7 Å². The smallest absolute Gasteiger partial charge is 0.348 e. The molecule has 1 N–H and O–H groups in total. The lowest BCUT2D eigenvalue weighted by atomic mass is 9.95. The van der Waals surface area contributed by atoms with Crippen LogP contribution in [0.25, 0.3) is 0 Å². The monoisotopic (exact) mass is 480 g/mol. The number of benzene rings is 1. The molecule has 1 amide bonds. The van der Waals surface area contributed by atoms with E-state index < -0.39 is 61.1 Å². The summed E-state index contributed by atoms with van der Waals surface area (Å²) in [7, 11) is -4.02. The van der Waals surface area contributed by atoms with Crippen LogP contribution in [-0.2, 0) is 22.2 Å². The maximum Gasteiger partial charge on any atom is 0.416 e. The molecule has 0 aliphatic heterocycles. The van der Waals surface area contributed by atoms with Gasteiger partial charge in [0, 0.05) is 12.2 Å². The van der Waals surface area contributed by atoms with Crippen molar-refractivity contribution >= 4 is 15.7 Å². The summed E-state index contributed by atoms with van der Waals surface area (Å²) in [6, 6.07) is 4.39. The number of halogens is 6. The van der Waals surface area contributed by atoms with Gasteiger partial charge in [-0.2, -0.15) is 26.3 Å². The van der Waals surface area contributed by atoms with Gasteiger partial charge in [0.25, 0.3) is 5.91 Å². The van der Waals surface area contributed by atoms with Gasteiger partial charge in [-0.3, -0.25) is 9.78 Å². The van der Waals surface area contributed by atoms with Gasteiger partial charge in [-0.25, -0.2) is 8.42 Å². The van der Waals surface area contributed by atoms with Crippen LogP contribution in [0.2, 0.25) is 0 Å². The average Bonchev–Trinajstić information content (AvgIpc) is 2.73. The summed E-state index contributed by atoms with van der Waals surface area (Å²) >= 11 is 0. The van der Waals surface area contributed by atoms with E-state index in [2.05, 4.69) is 10.3 Å². The van der Waals surface area contributed by atoms with Crippen molar-refractivity contribution in [3.63, 3.8) is 0 Å². The lowest BCUT2D eigenvalue weighted by Gasteiger charge is -2.29. The Hall–Kier alpha value is -2.63. The third kappa shape index (κ3) is 5.40. The van der Waals surface area contributed by atoms with Crippen molar-refractivity contribution in [3.8, 4) is 0 Å². The van der Waals surface area contributed by atoms with Crippen molar-refractivity contribution in [2.24, 2.45) is 0 Å². The Morgan fingerprint density at radius 2 is 1.50 bits per heavy atom. The standard InChI is InChI=1S/C20H18F6N2O3S/c21-19(22,23)12-2-1-3-16(10-12)32(30,31)15-6-4-14(5-7-15)28-18(29)17-11-13(8-9-27-17)20(24,25)26/h1-3,8-11,14-15H,4-7H2,(H,28,29)/t14-,15-. The number of nitrogens with zero attached hydrogens (tertiary/aromatic N) is 1. The Kier molecular flexibility index (Phi) is 6.55. The third-order valence-electron chi connectivity index (χ3n) is 5.26. The zero-order chi connectivity index (χ0) is 23.7. The second-order valence-corrected chi connectivity index (χ2v) is 9.67. The molecule has 0 radical (unpaired) electrons. The van der Waals surface area contributed by atoms with Crippen molar-refractivity contribution in [3.05, 3.63) is 59.4 Å². The zero-order valence-electron chi connectivity index (χ0n) is 16.4. The maximum absolute atomic E-state index is 12.9. The molecular formula is C20H18F6N2O3S. The van der Waals surface area contributed by atoms with Gasteiger partial charge in [0.1, 0.15) is 5.69 Å². The largest absolute Gasteiger partial charge is 0.416 e. The highest BCUT2D eigenvalue weighted by molar-refractivity contribution is 7.92. The third-order valence-corrected chi connectivity index (χ3v) is 7.52. The van der Waals surface area contributed by atoms with Crippen LogP contribution in [0.3, 0.4) is 0 Å². The molecule has 1 aliphatic rings. The summed E-state index contributed by atoms with van der Waals surface area (Å²) < 4.78 is 103. The van der Waals surface area contributed by atoms with Gasteiger partial charge in [0.2, 0.25) is 0 Å². The SMILES string of the molecule is O=C(N[C@H]1CC[C@H](S(=O)(=O)c2cccc(C(F)(F)F)c2)CC1)c1cc(C(F)(F)F)ccn1. The fourth-order valence-electron chi connectivity index (χ4n) is 3.55. The zero-order valence-corrected chi connectivity index (χ0v) is 17.2. The number of nitrogens with one attached hydrogen (secondary N) is 1. The van der Waals surface area contributed by atoms with Gasteiger partial charge in [0.15, 0.2) is 9.84 Å². The van der Waals surface area contributed by atoms with E-state index in [1.165, 1.54) is 0 Å². The molecule has 0 unspecified atom stereocenters. The lowest BCUT2D eigenvalue weighted by molar-refractivity contribution is -0.138. The van der Waals surface area contributed by atoms with Crippen LogP contribution in [0, 0.1) is 0 Å². The highest BCUT2D eigenvalue weighted by Crippen LogP contribution is 2.34. The van der Waals surface area contributed by atoms with Crippen molar-refractivity contribution in [1.82, 2.24) is 10.3 Å². The molecule has 12 heteroatoms. The van der Waals surface area contributed by atoms with Gasteiger partial charge in [-0.1, -0.05) is 6.07 Å². The Balaban J connectivity index is 1.65. The molecule has 0 spiro atoms. The summed E-state index contributed by atoms with van der Waals surface area (Å²) in [6.45, 7) is 0. The quantitative estimate of drug-likeness (QED) is 0.648. The van der Waals surface area contributed by atoms with Crippen LogP contribution in [-0.4, -0.2) is 30.6 Å². The number of carbonyl (C=O) groups excluding carboxylic acids is 1. The second kappa shape index (κ2) is 8.72. The van der Waals surface area contributed by atoms with Crippen molar-refractivity contribution in [2.75, 3.05) is 0 Å². The Morgan fingerprint density at radius 1 is 0.906 bits per heavy atom. The molecule has 0 saturated heterocycles. The summed E-state index contributed by atoms with van der Waals surface area (Å²) in [5.74, 6) is -0.819. The molecular weight excluding hydrogens is 462 g/mol. The fourth-order valence-corrected chi connectivity index (χ4v) is 5.39. The van der Waals surface area contributed by atoms with Crippen LogP contribution in [0.4, 0.5) is 26.3 Å². The van der Waals surface area contributed by atoms with E-state index in [1.54, 1.807) is 0 Å². The van der Waals surface area contributed by atoms with Crippen molar-refractivity contribution in [2.45, 2.75) is 54.2 Å². The molecule has 1 aromatic heterocycles. The average molecular weight is 480 g/mol. The minimum atomic E-state index is -4.68. The van der Waals surface area contributed by atoms with Crippen LogP contribution < -0.4 is 5.32 Å². The Bertz CT molecular complexity index is 1090. The first-order valence-electron chi connectivity index (χ1n) is 9.54. The molecule has 1 heterocycles. The minimum absolute atomic E-state index is 0.0829. The van der Waals surface area contributed by atoms with Gasteiger partial charge in [-0.05, 0) is 56.0 Å². The number of pyridine rings is 1. The molecule has 0 atom stereocenters. The van der Waals surface area contributed by atoms with Gasteiger partial charge >= 0.3 is 12.4 Å². The summed E-state index contributed by atoms with van der Waals surface area (Å²) in [4.78, 5) is 15.5. The van der Waals surface area contributed by atoms with Crippen LogP contribution >= 0.6 is 0 Å². The number of hydrogen-bond acceptors (Lipinski definition) is 4. The molecule has 32 heavy (non-hydrogen) atoms. The summed E-state index contributed by atoms with van der Waals surface area (Å²) in [5, 5.41) is 1.62. The number of hydrogen-bond donors (Lipinski definition) is 1. The molecule has 3 rings (SSSR count). The van der Waals surface area contributed by atoms with Crippen molar-refractivity contribution in [1.29, 1.82) is 0 Å².